The van der Waals surface area contributed by atoms with E-state index >= 15 is 0 Å². The van der Waals surface area contributed by atoms with Crippen molar-refractivity contribution in [3.63, 3.8) is 0 Å². The number of carboxylic acids is 1. The minimum atomic E-state index is -0.943. The fourth-order valence-corrected chi connectivity index (χ4v) is 1.28. The van der Waals surface area contributed by atoms with Gasteiger partial charge in [-0.1, -0.05) is 6.92 Å². The fourth-order valence-electron chi connectivity index (χ4n) is 1.28. The molecule has 1 heterocycles. The van der Waals surface area contributed by atoms with E-state index < -0.39 is 17.8 Å². The minimum absolute atomic E-state index is 0.0559. The number of amides is 1. The highest BCUT2D eigenvalue weighted by Crippen LogP contribution is 2.08. The predicted octanol–water partition coefficient (Wildman–Crippen LogP) is 0.628. The molecule has 0 saturated heterocycles. The number of aromatic nitrogens is 1. The second-order valence-corrected chi connectivity index (χ2v) is 3.59. The minimum Gasteiger partial charge on any atom is -0.506 e. The van der Waals surface area contributed by atoms with Gasteiger partial charge in [0.25, 0.3) is 5.91 Å². The van der Waals surface area contributed by atoms with Gasteiger partial charge in [0.2, 0.25) is 0 Å². The smallest absolute Gasteiger partial charge is 0.308 e. The maximum Gasteiger partial charge on any atom is 0.308 e. The number of hydrogen-bond acceptors (Lipinski definition) is 4. The van der Waals surface area contributed by atoms with Crippen LogP contribution in [0.2, 0.25) is 0 Å². The molecule has 0 saturated carbocycles. The van der Waals surface area contributed by atoms with Gasteiger partial charge >= 0.3 is 5.97 Å². The van der Waals surface area contributed by atoms with Gasteiger partial charge in [-0.3, -0.25) is 14.6 Å². The largest absolute Gasteiger partial charge is 0.506 e. The van der Waals surface area contributed by atoms with E-state index in [2.05, 4.69) is 10.3 Å². The van der Waals surface area contributed by atoms with E-state index in [-0.39, 0.29) is 17.9 Å². The molecule has 1 rings (SSSR count). The van der Waals surface area contributed by atoms with Crippen LogP contribution >= 0.6 is 0 Å². The fraction of sp³-hybridized carbons (Fsp3) is 0.364. The average Bonchev–Trinajstić information content (AvgIpc) is 2.29. The Morgan fingerprint density at radius 2 is 2.18 bits per heavy atom. The average molecular weight is 238 g/mol. The number of carbonyl (C=O) groups excluding carboxylic acids is 1. The molecule has 6 nitrogen and oxygen atoms in total. The number of nitrogens with zero attached hydrogens (tertiary/aromatic N) is 1. The Kier molecular flexibility index (Phi) is 4.45. The van der Waals surface area contributed by atoms with Crippen molar-refractivity contribution in [3.8, 4) is 5.75 Å². The van der Waals surface area contributed by atoms with E-state index in [1.807, 2.05) is 0 Å². The van der Waals surface area contributed by atoms with Gasteiger partial charge in [0.05, 0.1) is 17.7 Å². The first kappa shape index (κ1) is 13.0. The van der Waals surface area contributed by atoms with E-state index in [9.17, 15) is 9.59 Å². The zero-order chi connectivity index (χ0) is 12.8. The summed E-state index contributed by atoms with van der Waals surface area (Å²) in [5.74, 6) is -2.11. The molecule has 0 aromatic carbocycles. The summed E-state index contributed by atoms with van der Waals surface area (Å²) < 4.78 is 0. The molecule has 0 spiro atoms. The van der Waals surface area contributed by atoms with Gasteiger partial charge in [-0.05, 0) is 12.5 Å². The van der Waals surface area contributed by atoms with E-state index in [0.717, 1.165) is 0 Å². The molecule has 0 radical (unpaired) electrons. The number of nitrogens with one attached hydrogen (secondary N) is 1. The number of carboxylic acid groups (broad SMARTS) is 1. The topological polar surface area (TPSA) is 99.5 Å². The molecule has 0 bridgehead atoms. The molecule has 6 heteroatoms. The normalized spacial score (nSPS) is 11.8. The lowest BCUT2D eigenvalue weighted by atomic mass is 10.1. The lowest BCUT2D eigenvalue weighted by Gasteiger charge is -2.10. The van der Waals surface area contributed by atoms with Gasteiger partial charge in [-0.15, -0.1) is 0 Å². The summed E-state index contributed by atoms with van der Waals surface area (Å²) in [5, 5.41) is 20.4. The maximum atomic E-state index is 11.6. The van der Waals surface area contributed by atoms with Crippen LogP contribution in [0.1, 0.15) is 23.7 Å². The van der Waals surface area contributed by atoms with Crippen molar-refractivity contribution in [2.24, 2.45) is 5.92 Å². The van der Waals surface area contributed by atoms with Crippen LogP contribution in [0.5, 0.6) is 5.75 Å². The summed E-state index contributed by atoms with van der Waals surface area (Å²) in [4.78, 5) is 26.0. The molecule has 17 heavy (non-hydrogen) atoms. The van der Waals surface area contributed by atoms with Gasteiger partial charge in [-0.2, -0.15) is 0 Å². The number of aliphatic carboxylic acids is 1. The third kappa shape index (κ3) is 3.75. The van der Waals surface area contributed by atoms with Gasteiger partial charge in [0.15, 0.2) is 0 Å². The van der Waals surface area contributed by atoms with Crippen molar-refractivity contribution in [2.75, 3.05) is 6.54 Å². The summed E-state index contributed by atoms with van der Waals surface area (Å²) in [7, 11) is 0. The highest BCUT2D eigenvalue weighted by molar-refractivity contribution is 5.94. The standard InChI is InChI=1S/C11H14N2O4/c1-2-7(11(16)17)5-13-10(15)8-3-9(14)6-12-4-8/h3-4,6-7,14H,2,5H2,1H3,(H,13,15)(H,16,17). The SMILES string of the molecule is CCC(CNC(=O)c1cncc(O)c1)C(=O)O. The van der Waals surface area contributed by atoms with Gasteiger partial charge in [0, 0.05) is 12.7 Å². The Morgan fingerprint density at radius 3 is 2.71 bits per heavy atom. The Labute approximate surface area is 98.3 Å². The highest BCUT2D eigenvalue weighted by Gasteiger charge is 2.16. The van der Waals surface area contributed by atoms with Crippen LogP contribution in [-0.4, -0.2) is 33.6 Å². The maximum absolute atomic E-state index is 11.6. The lowest BCUT2D eigenvalue weighted by molar-refractivity contribution is -0.141. The van der Waals surface area contributed by atoms with Gasteiger partial charge in [-0.25, -0.2) is 0 Å². The molecular formula is C11H14N2O4. The molecule has 0 aliphatic carbocycles. The van der Waals surface area contributed by atoms with Crippen LogP contribution in [0, 0.1) is 5.92 Å². The molecule has 3 N–H and O–H groups in total. The summed E-state index contributed by atoms with van der Waals surface area (Å²) >= 11 is 0. The van der Waals surface area contributed by atoms with Crippen molar-refractivity contribution >= 4 is 11.9 Å². The quantitative estimate of drug-likeness (QED) is 0.698. The molecular weight excluding hydrogens is 224 g/mol. The first-order chi connectivity index (χ1) is 8.04. The van der Waals surface area contributed by atoms with Crippen molar-refractivity contribution in [3.05, 3.63) is 24.0 Å². The number of aromatic hydroxyl groups is 1. The molecule has 0 aliphatic heterocycles. The number of carbonyl (C=O) groups is 2. The summed E-state index contributed by atoms with van der Waals surface area (Å²) in [5.41, 5.74) is 0.199. The van der Waals surface area contributed by atoms with Crippen LogP contribution in [-0.2, 0) is 4.79 Å². The molecule has 0 fully saturated rings. The summed E-state index contributed by atoms with van der Waals surface area (Å²) in [6, 6.07) is 1.27. The Balaban J connectivity index is 2.58. The zero-order valence-corrected chi connectivity index (χ0v) is 9.38. The van der Waals surface area contributed by atoms with E-state index in [4.69, 9.17) is 10.2 Å². The summed E-state index contributed by atoms with van der Waals surface area (Å²) in [6.07, 6.45) is 2.95. The molecule has 1 aromatic heterocycles. The molecule has 1 unspecified atom stereocenters. The first-order valence-corrected chi connectivity index (χ1v) is 5.19. The third-order valence-electron chi connectivity index (χ3n) is 2.34. The van der Waals surface area contributed by atoms with Crippen molar-refractivity contribution in [1.29, 1.82) is 0 Å². The highest BCUT2D eigenvalue weighted by atomic mass is 16.4. The van der Waals surface area contributed by atoms with Crippen molar-refractivity contribution < 1.29 is 19.8 Å². The second-order valence-electron chi connectivity index (χ2n) is 3.59. The molecule has 92 valence electrons. The van der Waals surface area contributed by atoms with Gasteiger partial charge in [0.1, 0.15) is 5.75 Å². The predicted molar refractivity (Wildman–Crippen MR) is 59.7 cm³/mol. The van der Waals surface area contributed by atoms with E-state index in [0.29, 0.717) is 6.42 Å². The first-order valence-electron chi connectivity index (χ1n) is 5.19. The Morgan fingerprint density at radius 1 is 1.47 bits per heavy atom. The molecule has 1 atom stereocenters. The van der Waals surface area contributed by atoms with Crippen LogP contribution in [0.15, 0.2) is 18.5 Å². The van der Waals surface area contributed by atoms with Crippen LogP contribution in [0.25, 0.3) is 0 Å². The van der Waals surface area contributed by atoms with Crippen LogP contribution < -0.4 is 5.32 Å². The van der Waals surface area contributed by atoms with Crippen molar-refractivity contribution in [2.45, 2.75) is 13.3 Å². The zero-order valence-electron chi connectivity index (χ0n) is 9.38. The Bertz CT molecular complexity index is 420. The van der Waals surface area contributed by atoms with Crippen LogP contribution in [0.3, 0.4) is 0 Å². The number of rotatable bonds is 5. The summed E-state index contributed by atoms with van der Waals surface area (Å²) in [6.45, 7) is 1.79. The van der Waals surface area contributed by atoms with Crippen molar-refractivity contribution in [1.82, 2.24) is 10.3 Å². The van der Waals surface area contributed by atoms with Crippen LogP contribution in [0.4, 0.5) is 0 Å². The number of pyridine rings is 1. The Hall–Kier alpha value is -2.11. The van der Waals surface area contributed by atoms with E-state index in [1.54, 1.807) is 6.92 Å². The molecule has 0 aliphatic rings. The third-order valence-corrected chi connectivity index (χ3v) is 2.34. The second kappa shape index (κ2) is 5.83. The molecule has 1 aromatic rings. The van der Waals surface area contributed by atoms with Gasteiger partial charge < -0.3 is 15.5 Å². The molecule has 1 amide bonds. The monoisotopic (exact) mass is 238 g/mol. The number of hydrogen-bond donors (Lipinski definition) is 3. The lowest BCUT2D eigenvalue weighted by Crippen LogP contribution is -2.32. The van der Waals surface area contributed by atoms with E-state index in [1.165, 1.54) is 18.5 Å².